The van der Waals surface area contributed by atoms with Gasteiger partial charge in [-0.1, -0.05) is 0 Å². The van der Waals surface area contributed by atoms with Gasteiger partial charge in [-0.15, -0.1) is 0 Å². The van der Waals surface area contributed by atoms with E-state index in [1.807, 2.05) is 0 Å². The third-order valence-electron chi connectivity index (χ3n) is 1.96. The van der Waals surface area contributed by atoms with Crippen molar-refractivity contribution in [1.82, 2.24) is 4.90 Å². The molecule has 0 heterocycles. The second kappa shape index (κ2) is 3.35. The lowest BCUT2D eigenvalue weighted by Crippen LogP contribution is -2.23. The van der Waals surface area contributed by atoms with E-state index in [1.165, 1.54) is 13.0 Å². The highest BCUT2D eigenvalue weighted by Gasteiger charge is 2.40. The van der Waals surface area contributed by atoms with Crippen LogP contribution >= 0.6 is 0 Å². The topological polar surface area (TPSA) is 12.5 Å². The summed E-state index contributed by atoms with van der Waals surface area (Å²) >= 11 is 0. The van der Waals surface area contributed by atoms with Crippen LogP contribution in [-0.2, 0) is 4.74 Å². The highest BCUT2D eigenvalue weighted by Crippen LogP contribution is 2.36. The van der Waals surface area contributed by atoms with Crippen molar-refractivity contribution in [2.45, 2.75) is 38.9 Å². The van der Waals surface area contributed by atoms with Crippen molar-refractivity contribution in [3.8, 4) is 0 Å². The van der Waals surface area contributed by atoms with Crippen LogP contribution in [-0.4, -0.2) is 37.2 Å². The molecular weight excluding hydrogens is 150 g/mol. The van der Waals surface area contributed by atoms with E-state index in [4.69, 9.17) is 4.74 Å². The zero-order valence-corrected chi connectivity index (χ0v) is 8.92. The van der Waals surface area contributed by atoms with E-state index >= 15 is 0 Å². The molecule has 0 aromatic heterocycles. The predicted molar refractivity (Wildman–Crippen MR) is 51.3 cm³/mol. The van der Waals surface area contributed by atoms with Gasteiger partial charge < -0.3 is 9.64 Å². The van der Waals surface area contributed by atoms with Gasteiger partial charge in [-0.2, -0.15) is 0 Å². The minimum atomic E-state index is 0.0335. The van der Waals surface area contributed by atoms with Gasteiger partial charge in [0.15, 0.2) is 0 Å². The fraction of sp³-hybridized carbons (Fsp3) is 1.00. The van der Waals surface area contributed by atoms with Crippen molar-refractivity contribution in [2.75, 3.05) is 20.6 Å². The Balaban J connectivity index is 2.16. The Morgan fingerprint density at radius 1 is 1.33 bits per heavy atom. The number of rotatable bonds is 3. The van der Waals surface area contributed by atoms with E-state index in [1.54, 1.807) is 0 Å². The van der Waals surface area contributed by atoms with Crippen molar-refractivity contribution >= 4 is 0 Å². The van der Waals surface area contributed by atoms with Gasteiger partial charge in [0.2, 0.25) is 0 Å². The van der Waals surface area contributed by atoms with Gasteiger partial charge >= 0.3 is 0 Å². The molecule has 0 saturated heterocycles. The normalized spacial score (nSPS) is 29.5. The Labute approximate surface area is 75.9 Å². The minimum absolute atomic E-state index is 0.0335. The lowest BCUT2D eigenvalue weighted by molar-refractivity contribution is -0.0229. The number of ether oxygens (including phenoxy) is 1. The fourth-order valence-corrected chi connectivity index (χ4v) is 1.48. The monoisotopic (exact) mass is 171 g/mol. The van der Waals surface area contributed by atoms with Gasteiger partial charge in [0, 0.05) is 12.5 Å². The van der Waals surface area contributed by atoms with Crippen LogP contribution in [0.1, 0.15) is 27.2 Å². The van der Waals surface area contributed by atoms with Crippen molar-refractivity contribution in [2.24, 2.45) is 5.92 Å². The van der Waals surface area contributed by atoms with Crippen LogP contribution in [0.15, 0.2) is 0 Å². The zero-order valence-electron chi connectivity index (χ0n) is 8.92. The number of hydrogen-bond donors (Lipinski definition) is 0. The maximum atomic E-state index is 5.84. The quantitative estimate of drug-likeness (QED) is 0.641. The largest absolute Gasteiger partial charge is 0.372 e. The molecule has 0 aromatic carbocycles. The maximum absolute atomic E-state index is 5.84. The third-order valence-corrected chi connectivity index (χ3v) is 1.96. The molecule has 1 fully saturated rings. The molecular formula is C10H21NO. The second-order valence-corrected chi connectivity index (χ2v) is 5.03. The Hall–Kier alpha value is -0.0800. The van der Waals surface area contributed by atoms with E-state index in [0.717, 1.165) is 5.92 Å². The van der Waals surface area contributed by atoms with E-state index in [0.29, 0.717) is 6.10 Å². The zero-order chi connectivity index (χ0) is 9.35. The molecule has 0 aromatic rings. The van der Waals surface area contributed by atoms with Gasteiger partial charge in [-0.05, 0) is 41.3 Å². The summed E-state index contributed by atoms with van der Waals surface area (Å²) in [5.41, 5.74) is 0.0335. The standard InChI is InChI=1S/C10H21NO/c1-10(2,3)12-9-6-8(9)7-11(4)5/h8-9H,6-7H2,1-5H3. The molecule has 2 atom stereocenters. The molecule has 0 amide bonds. The first-order valence-electron chi connectivity index (χ1n) is 4.71. The number of hydrogen-bond acceptors (Lipinski definition) is 2. The summed E-state index contributed by atoms with van der Waals surface area (Å²) in [5, 5.41) is 0. The van der Waals surface area contributed by atoms with Crippen LogP contribution in [0.2, 0.25) is 0 Å². The molecule has 1 rings (SSSR count). The average Bonchev–Trinajstić information content (AvgIpc) is 2.40. The van der Waals surface area contributed by atoms with E-state index in [9.17, 15) is 0 Å². The maximum Gasteiger partial charge on any atom is 0.0627 e. The molecule has 1 saturated carbocycles. The van der Waals surface area contributed by atoms with Crippen molar-refractivity contribution in [3.63, 3.8) is 0 Å². The molecule has 2 heteroatoms. The summed E-state index contributed by atoms with van der Waals surface area (Å²) in [6, 6.07) is 0. The van der Waals surface area contributed by atoms with Crippen LogP contribution in [0.5, 0.6) is 0 Å². The summed E-state index contributed by atoms with van der Waals surface area (Å²) in [4.78, 5) is 2.23. The first-order chi connectivity index (χ1) is 5.38. The van der Waals surface area contributed by atoms with E-state index < -0.39 is 0 Å². The van der Waals surface area contributed by atoms with Gasteiger partial charge in [0.1, 0.15) is 0 Å². The van der Waals surface area contributed by atoms with E-state index in [2.05, 4.69) is 39.8 Å². The molecule has 2 unspecified atom stereocenters. The molecule has 0 spiro atoms. The van der Waals surface area contributed by atoms with Crippen molar-refractivity contribution in [3.05, 3.63) is 0 Å². The molecule has 0 bridgehead atoms. The molecule has 0 N–H and O–H groups in total. The molecule has 12 heavy (non-hydrogen) atoms. The smallest absolute Gasteiger partial charge is 0.0627 e. The predicted octanol–water partition coefficient (Wildman–Crippen LogP) is 1.75. The Kier molecular flexibility index (Phi) is 2.79. The molecule has 0 aliphatic heterocycles. The summed E-state index contributed by atoms with van der Waals surface area (Å²) in [6.07, 6.45) is 1.77. The summed E-state index contributed by atoms with van der Waals surface area (Å²) in [7, 11) is 4.24. The van der Waals surface area contributed by atoms with Gasteiger partial charge in [-0.25, -0.2) is 0 Å². The Morgan fingerprint density at radius 2 is 1.92 bits per heavy atom. The minimum Gasteiger partial charge on any atom is -0.372 e. The lowest BCUT2D eigenvalue weighted by Gasteiger charge is -2.20. The second-order valence-electron chi connectivity index (χ2n) is 5.03. The first kappa shape index (κ1) is 10.0. The summed E-state index contributed by atoms with van der Waals surface area (Å²) in [5.74, 6) is 0.777. The highest BCUT2D eigenvalue weighted by molar-refractivity contribution is 4.90. The summed E-state index contributed by atoms with van der Waals surface area (Å²) < 4.78 is 5.84. The van der Waals surface area contributed by atoms with Gasteiger partial charge in [0.05, 0.1) is 11.7 Å². The van der Waals surface area contributed by atoms with Gasteiger partial charge in [0.25, 0.3) is 0 Å². The van der Waals surface area contributed by atoms with Crippen LogP contribution in [0, 0.1) is 5.92 Å². The van der Waals surface area contributed by atoms with Crippen molar-refractivity contribution in [1.29, 1.82) is 0 Å². The molecule has 1 aliphatic rings. The van der Waals surface area contributed by atoms with Crippen LogP contribution in [0.4, 0.5) is 0 Å². The summed E-state index contributed by atoms with van der Waals surface area (Å²) in [6.45, 7) is 7.54. The SMILES string of the molecule is CN(C)CC1CC1OC(C)(C)C. The van der Waals surface area contributed by atoms with Crippen LogP contribution < -0.4 is 0 Å². The Bertz CT molecular complexity index is 148. The molecule has 1 aliphatic carbocycles. The lowest BCUT2D eigenvalue weighted by atomic mass is 10.2. The highest BCUT2D eigenvalue weighted by atomic mass is 16.5. The average molecular weight is 171 g/mol. The number of nitrogens with zero attached hydrogens (tertiary/aromatic N) is 1. The van der Waals surface area contributed by atoms with Crippen molar-refractivity contribution < 1.29 is 4.74 Å². The molecule has 0 radical (unpaired) electrons. The van der Waals surface area contributed by atoms with Gasteiger partial charge in [-0.3, -0.25) is 0 Å². The van der Waals surface area contributed by atoms with Crippen LogP contribution in [0.25, 0.3) is 0 Å². The van der Waals surface area contributed by atoms with E-state index in [-0.39, 0.29) is 5.60 Å². The third kappa shape index (κ3) is 3.55. The van der Waals surface area contributed by atoms with Crippen LogP contribution in [0.3, 0.4) is 0 Å². The Morgan fingerprint density at radius 3 is 2.33 bits per heavy atom. The fourth-order valence-electron chi connectivity index (χ4n) is 1.48. The molecule has 72 valence electrons. The molecule has 2 nitrogen and oxygen atoms in total. The first-order valence-corrected chi connectivity index (χ1v) is 4.71.